The number of ether oxygens (including phenoxy) is 1. The lowest BCUT2D eigenvalue weighted by Crippen LogP contribution is -2.29. The van der Waals surface area contributed by atoms with E-state index in [9.17, 15) is 4.79 Å². The van der Waals surface area contributed by atoms with E-state index in [0.717, 1.165) is 47.5 Å². The molecule has 28 heavy (non-hydrogen) atoms. The molecule has 0 aliphatic carbocycles. The van der Waals surface area contributed by atoms with E-state index >= 15 is 0 Å². The second-order valence-electron chi connectivity index (χ2n) is 6.98. The smallest absolute Gasteiger partial charge is 0.338 e. The zero-order chi connectivity index (χ0) is 19.5. The van der Waals surface area contributed by atoms with Gasteiger partial charge in [-0.2, -0.15) is 0 Å². The van der Waals surface area contributed by atoms with Crippen LogP contribution in [0.25, 0.3) is 11.0 Å². The van der Waals surface area contributed by atoms with Gasteiger partial charge < -0.3 is 10.1 Å². The number of anilines is 1. The van der Waals surface area contributed by atoms with Crippen molar-refractivity contribution in [1.82, 2.24) is 14.5 Å². The lowest BCUT2D eigenvalue weighted by atomic mass is 9.96. The minimum absolute atomic E-state index is 0.286. The quantitative estimate of drug-likeness (QED) is 0.508. The fraction of sp³-hybridized carbons (Fsp3) is 0.318. The molecule has 0 saturated carbocycles. The number of nitrogens with one attached hydrogen (secondary N) is 1. The highest BCUT2D eigenvalue weighted by Gasteiger charge is 2.34. The van der Waals surface area contributed by atoms with Gasteiger partial charge in [0.1, 0.15) is 0 Å². The third kappa shape index (κ3) is 3.26. The number of pyridine rings is 1. The van der Waals surface area contributed by atoms with Crippen LogP contribution in [-0.2, 0) is 9.53 Å². The average Bonchev–Trinajstić information content (AvgIpc) is 3.08. The third-order valence-electron chi connectivity index (χ3n) is 5.05. The summed E-state index contributed by atoms with van der Waals surface area (Å²) < 4.78 is 7.69. The Morgan fingerprint density at radius 2 is 1.96 bits per heavy atom. The molecule has 2 aromatic heterocycles. The second kappa shape index (κ2) is 7.84. The van der Waals surface area contributed by atoms with Crippen molar-refractivity contribution in [3.8, 4) is 0 Å². The Labute approximate surface area is 164 Å². The molecule has 0 amide bonds. The number of nitrogens with zero attached hydrogens (tertiary/aromatic N) is 3. The number of carbonyl (C=O) groups excluding carboxylic acids is 1. The summed E-state index contributed by atoms with van der Waals surface area (Å²) in [6.45, 7) is 4.47. The van der Waals surface area contributed by atoms with E-state index in [-0.39, 0.29) is 12.0 Å². The van der Waals surface area contributed by atoms with Gasteiger partial charge in [-0.25, -0.2) is 9.78 Å². The summed E-state index contributed by atoms with van der Waals surface area (Å²) in [5.74, 6) is 0.439. The van der Waals surface area contributed by atoms with Gasteiger partial charge in [-0.3, -0.25) is 9.55 Å². The number of allylic oxidation sites excluding steroid dienone is 1. The van der Waals surface area contributed by atoms with E-state index in [2.05, 4.69) is 21.8 Å². The van der Waals surface area contributed by atoms with Crippen LogP contribution in [-0.4, -0.2) is 27.1 Å². The van der Waals surface area contributed by atoms with Crippen molar-refractivity contribution in [3.63, 3.8) is 0 Å². The Morgan fingerprint density at radius 3 is 2.75 bits per heavy atom. The zero-order valence-corrected chi connectivity index (χ0v) is 16.2. The Bertz CT molecular complexity index is 1020. The number of para-hydroxylation sites is 2. The molecule has 1 aliphatic heterocycles. The van der Waals surface area contributed by atoms with Crippen LogP contribution in [0.5, 0.6) is 0 Å². The van der Waals surface area contributed by atoms with Crippen LogP contribution in [0.4, 0.5) is 5.95 Å². The molecule has 0 spiro atoms. The lowest BCUT2D eigenvalue weighted by molar-refractivity contribution is -0.139. The normalized spacial score (nSPS) is 16.0. The van der Waals surface area contributed by atoms with Crippen molar-refractivity contribution in [1.29, 1.82) is 0 Å². The maximum atomic E-state index is 13.1. The summed E-state index contributed by atoms with van der Waals surface area (Å²) in [6, 6.07) is 11.5. The minimum Gasteiger partial charge on any atom is -0.462 e. The number of fused-ring (bicyclic) bond motifs is 3. The predicted octanol–water partition coefficient (Wildman–Crippen LogP) is 4.45. The van der Waals surface area contributed by atoms with Gasteiger partial charge in [-0.1, -0.05) is 31.9 Å². The maximum Gasteiger partial charge on any atom is 0.338 e. The highest BCUT2D eigenvalue weighted by molar-refractivity contribution is 5.94. The van der Waals surface area contributed by atoms with E-state index in [1.54, 1.807) is 12.4 Å². The molecule has 6 nitrogen and oxygen atoms in total. The van der Waals surface area contributed by atoms with E-state index in [4.69, 9.17) is 9.72 Å². The van der Waals surface area contributed by atoms with Crippen molar-refractivity contribution in [2.24, 2.45) is 0 Å². The van der Waals surface area contributed by atoms with E-state index in [0.29, 0.717) is 12.2 Å². The first-order valence-corrected chi connectivity index (χ1v) is 9.72. The molecule has 0 radical (unpaired) electrons. The molecule has 0 bridgehead atoms. The summed E-state index contributed by atoms with van der Waals surface area (Å²) in [4.78, 5) is 21.9. The molecule has 1 atom stereocenters. The van der Waals surface area contributed by atoms with Gasteiger partial charge in [0.2, 0.25) is 5.95 Å². The molecule has 144 valence electrons. The van der Waals surface area contributed by atoms with Crippen molar-refractivity contribution in [3.05, 3.63) is 65.6 Å². The maximum absolute atomic E-state index is 13.1. The summed E-state index contributed by atoms with van der Waals surface area (Å²) >= 11 is 0. The van der Waals surface area contributed by atoms with Crippen LogP contribution >= 0.6 is 0 Å². The molecule has 3 aromatic rings. The van der Waals surface area contributed by atoms with Gasteiger partial charge >= 0.3 is 5.97 Å². The van der Waals surface area contributed by atoms with E-state index in [1.807, 2.05) is 43.3 Å². The molecule has 1 aromatic carbocycles. The van der Waals surface area contributed by atoms with Gasteiger partial charge in [-0.05, 0) is 43.2 Å². The van der Waals surface area contributed by atoms with Crippen molar-refractivity contribution >= 4 is 23.0 Å². The summed E-state index contributed by atoms with van der Waals surface area (Å²) in [6.07, 6.45) is 6.51. The Balaban J connectivity index is 1.79. The van der Waals surface area contributed by atoms with E-state index < -0.39 is 0 Å². The van der Waals surface area contributed by atoms with Crippen LogP contribution in [0.15, 0.2) is 60.1 Å². The first-order valence-electron chi connectivity index (χ1n) is 9.72. The summed E-state index contributed by atoms with van der Waals surface area (Å²) in [5, 5.41) is 3.30. The number of aromatic nitrogens is 3. The van der Waals surface area contributed by atoms with Crippen molar-refractivity contribution < 1.29 is 9.53 Å². The molecule has 0 fully saturated rings. The topological polar surface area (TPSA) is 69.0 Å². The fourth-order valence-electron chi connectivity index (χ4n) is 3.68. The Morgan fingerprint density at radius 1 is 1.18 bits per heavy atom. The van der Waals surface area contributed by atoms with Crippen LogP contribution in [0, 0.1) is 0 Å². The minimum atomic E-state index is -0.315. The molecule has 3 heterocycles. The number of carbonyl (C=O) groups is 1. The predicted molar refractivity (Wildman–Crippen MR) is 109 cm³/mol. The SMILES string of the molecule is CCCCCOC(=O)C1=C(C)Nc2nc3ccccc3n2C1c1ccncc1. The highest BCUT2D eigenvalue weighted by atomic mass is 16.5. The first kappa shape index (κ1) is 18.2. The van der Waals surface area contributed by atoms with Crippen LogP contribution in [0.2, 0.25) is 0 Å². The van der Waals surface area contributed by atoms with Gasteiger partial charge in [-0.15, -0.1) is 0 Å². The molecule has 1 unspecified atom stereocenters. The highest BCUT2D eigenvalue weighted by Crippen LogP contribution is 2.39. The van der Waals surface area contributed by atoms with Gasteiger partial charge in [0, 0.05) is 18.1 Å². The van der Waals surface area contributed by atoms with Crippen LogP contribution < -0.4 is 5.32 Å². The number of rotatable bonds is 6. The van der Waals surface area contributed by atoms with Crippen LogP contribution in [0.1, 0.15) is 44.7 Å². The zero-order valence-electron chi connectivity index (χ0n) is 16.2. The average molecular weight is 376 g/mol. The monoisotopic (exact) mass is 376 g/mol. The molecular weight excluding hydrogens is 352 g/mol. The number of unbranched alkanes of at least 4 members (excludes halogenated alkanes) is 2. The fourth-order valence-corrected chi connectivity index (χ4v) is 3.68. The summed E-state index contributed by atoms with van der Waals surface area (Å²) in [7, 11) is 0. The molecule has 4 rings (SSSR count). The first-order chi connectivity index (χ1) is 13.7. The Kier molecular flexibility index (Phi) is 5.10. The van der Waals surface area contributed by atoms with Gasteiger partial charge in [0.05, 0.1) is 29.3 Å². The molecule has 1 aliphatic rings. The standard InChI is InChI=1S/C22H24N4O2/c1-3-4-7-14-28-21(27)19-15(2)24-22-25-17-8-5-6-9-18(17)26(22)20(19)16-10-12-23-13-11-16/h5-6,8-13,20H,3-4,7,14H2,1-2H3,(H,24,25). The molecule has 1 N–H and O–H groups in total. The molecular formula is C22H24N4O2. The largest absolute Gasteiger partial charge is 0.462 e. The van der Waals surface area contributed by atoms with E-state index in [1.165, 1.54) is 0 Å². The number of hydrogen-bond acceptors (Lipinski definition) is 5. The van der Waals surface area contributed by atoms with Crippen molar-refractivity contribution in [2.45, 2.75) is 39.2 Å². The third-order valence-corrected chi connectivity index (χ3v) is 5.05. The Hall–Kier alpha value is -3.15. The number of benzene rings is 1. The number of hydrogen-bond donors (Lipinski definition) is 1. The molecule has 0 saturated heterocycles. The lowest BCUT2D eigenvalue weighted by Gasteiger charge is -2.30. The van der Waals surface area contributed by atoms with Crippen molar-refractivity contribution in [2.75, 3.05) is 11.9 Å². The number of imidazole rings is 1. The van der Waals surface area contributed by atoms with Gasteiger partial charge in [0.25, 0.3) is 0 Å². The van der Waals surface area contributed by atoms with Gasteiger partial charge in [0.15, 0.2) is 0 Å². The number of esters is 1. The molecule has 6 heteroatoms. The second-order valence-corrected chi connectivity index (χ2v) is 6.98. The van der Waals surface area contributed by atoms with Crippen LogP contribution in [0.3, 0.4) is 0 Å². The summed E-state index contributed by atoms with van der Waals surface area (Å²) in [5.41, 5.74) is 4.20.